The molecule has 0 radical (unpaired) electrons. The second kappa shape index (κ2) is 4.11. The fourth-order valence-corrected chi connectivity index (χ4v) is 1.50. The lowest BCUT2D eigenvalue weighted by Crippen LogP contribution is -2.15. The van der Waals surface area contributed by atoms with Crippen molar-refractivity contribution in [3.05, 3.63) is 11.3 Å². The third-order valence-electron chi connectivity index (χ3n) is 2.11. The molecular formula is C9H14N4O. The molecule has 1 aromatic heterocycles. The molecule has 76 valence electrons. The van der Waals surface area contributed by atoms with Crippen LogP contribution in [0.5, 0.6) is 5.88 Å². The van der Waals surface area contributed by atoms with Crippen molar-refractivity contribution in [1.82, 2.24) is 15.1 Å². The van der Waals surface area contributed by atoms with Gasteiger partial charge in [-0.15, -0.1) is 0 Å². The molecule has 5 heteroatoms. The van der Waals surface area contributed by atoms with Gasteiger partial charge < -0.3 is 10.1 Å². The predicted molar refractivity (Wildman–Crippen MR) is 51.9 cm³/mol. The van der Waals surface area contributed by atoms with Crippen LogP contribution in [0.25, 0.3) is 0 Å². The highest BCUT2D eigenvalue weighted by molar-refractivity contribution is 5.37. The molecule has 0 spiro atoms. The van der Waals surface area contributed by atoms with Gasteiger partial charge in [0.25, 0.3) is 0 Å². The van der Waals surface area contributed by atoms with Crippen LogP contribution in [-0.4, -0.2) is 23.9 Å². The van der Waals surface area contributed by atoms with Crippen molar-refractivity contribution in [3.63, 3.8) is 0 Å². The van der Waals surface area contributed by atoms with E-state index in [1.54, 1.807) is 25.9 Å². The standard InChI is InChI=1S/C9H14N4O/c1-6-8(7(5-10)11-2)9(14-4)13(3)12-6/h7,11H,1-4H3. The maximum Gasteiger partial charge on any atom is 0.217 e. The molecule has 5 nitrogen and oxygen atoms in total. The first-order valence-electron chi connectivity index (χ1n) is 4.30. The molecule has 0 saturated carbocycles. The number of rotatable bonds is 3. The van der Waals surface area contributed by atoms with Gasteiger partial charge in [0.15, 0.2) is 0 Å². The number of aryl methyl sites for hydroxylation is 2. The highest BCUT2D eigenvalue weighted by Gasteiger charge is 2.21. The van der Waals surface area contributed by atoms with Gasteiger partial charge in [0.1, 0.15) is 6.04 Å². The third kappa shape index (κ3) is 1.56. The molecule has 1 heterocycles. The quantitative estimate of drug-likeness (QED) is 0.762. The fraction of sp³-hybridized carbons (Fsp3) is 0.556. The van der Waals surface area contributed by atoms with E-state index in [1.807, 2.05) is 6.92 Å². The van der Waals surface area contributed by atoms with E-state index in [0.29, 0.717) is 5.88 Å². The first kappa shape index (κ1) is 10.5. The summed E-state index contributed by atoms with van der Waals surface area (Å²) in [6.45, 7) is 1.86. The first-order valence-corrected chi connectivity index (χ1v) is 4.30. The number of aromatic nitrogens is 2. The summed E-state index contributed by atoms with van der Waals surface area (Å²) in [5.41, 5.74) is 1.62. The van der Waals surface area contributed by atoms with E-state index in [9.17, 15) is 0 Å². The minimum Gasteiger partial charge on any atom is -0.481 e. The smallest absolute Gasteiger partial charge is 0.217 e. The molecule has 0 saturated heterocycles. The van der Waals surface area contributed by atoms with Crippen LogP contribution >= 0.6 is 0 Å². The van der Waals surface area contributed by atoms with Gasteiger partial charge in [-0.3, -0.25) is 0 Å². The van der Waals surface area contributed by atoms with E-state index < -0.39 is 0 Å². The van der Waals surface area contributed by atoms with Crippen LogP contribution in [0, 0.1) is 18.3 Å². The SMILES string of the molecule is CNC(C#N)c1c(C)nn(C)c1OC. The Morgan fingerprint density at radius 1 is 1.64 bits per heavy atom. The van der Waals surface area contributed by atoms with Crippen molar-refractivity contribution < 1.29 is 4.74 Å². The first-order chi connectivity index (χ1) is 6.65. The Hall–Kier alpha value is -1.54. The van der Waals surface area contributed by atoms with E-state index >= 15 is 0 Å². The van der Waals surface area contributed by atoms with Gasteiger partial charge in [0.05, 0.1) is 24.4 Å². The highest BCUT2D eigenvalue weighted by atomic mass is 16.5. The zero-order valence-electron chi connectivity index (χ0n) is 8.83. The summed E-state index contributed by atoms with van der Waals surface area (Å²) >= 11 is 0. The minimum absolute atomic E-state index is 0.376. The number of nitriles is 1. The van der Waals surface area contributed by atoms with Crippen LogP contribution in [0.2, 0.25) is 0 Å². The largest absolute Gasteiger partial charge is 0.481 e. The van der Waals surface area contributed by atoms with Gasteiger partial charge in [-0.05, 0) is 14.0 Å². The van der Waals surface area contributed by atoms with Gasteiger partial charge in [-0.25, -0.2) is 4.68 Å². The second-order valence-corrected chi connectivity index (χ2v) is 2.98. The average molecular weight is 194 g/mol. The summed E-state index contributed by atoms with van der Waals surface area (Å²) in [7, 11) is 5.10. The van der Waals surface area contributed by atoms with Crippen molar-refractivity contribution >= 4 is 0 Å². The lowest BCUT2D eigenvalue weighted by atomic mass is 10.1. The number of nitrogens with one attached hydrogen (secondary N) is 1. The Balaban J connectivity index is 3.25. The molecule has 0 aliphatic carbocycles. The number of ether oxygens (including phenoxy) is 1. The van der Waals surface area contributed by atoms with E-state index in [2.05, 4.69) is 16.5 Å². The molecule has 1 atom stereocenters. The van der Waals surface area contributed by atoms with Crippen molar-refractivity contribution in [2.24, 2.45) is 7.05 Å². The molecule has 0 bridgehead atoms. The Bertz CT molecular complexity index is 364. The normalized spacial score (nSPS) is 12.2. The van der Waals surface area contributed by atoms with Crippen LogP contribution < -0.4 is 10.1 Å². The van der Waals surface area contributed by atoms with E-state index in [-0.39, 0.29) is 6.04 Å². The number of hydrogen-bond acceptors (Lipinski definition) is 4. The highest BCUT2D eigenvalue weighted by Crippen LogP contribution is 2.26. The van der Waals surface area contributed by atoms with Gasteiger partial charge in [0.2, 0.25) is 5.88 Å². The van der Waals surface area contributed by atoms with Crippen LogP contribution in [0.1, 0.15) is 17.3 Å². The summed E-state index contributed by atoms with van der Waals surface area (Å²) < 4.78 is 6.82. The topological polar surface area (TPSA) is 62.9 Å². The van der Waals surface area contributed by atoms with Gasteiger partial charge >= 0.3 is 0 Å². The molecule has 14 heavy (non-hydrogen) atoms. The molecule has 0 aliphatic rings. The summed E-state index contributed by atoms with van der Waals surface area (Å²) in [5, 5.41) is 16.0. The maximum absolute atomic E-state index is 8.93. The van der Waals surface area contributed by atoms with Crippen LogP contribution in [0.4, 0.5) is 0 Å². The van der Waals surface area contributed by atoms with Crippen molar-refractivity contribution in [3.8, 4) is 11.9 Å². The number of hydrogen-bond donors (Lipinski definition) is 1. The summed E-state index contributed by atoms with van der Waals surface area (Å²) in [6.07, 6.45) is 0. The number of methoxy groups -OCH3 is 1. The molecule has 1 aromatic rings. The Labute approximate surface area is 83.3 Å². The molecular weight excluding hydrogens is 180 g/mol. The van der Waals surface area contributed by atoms with E-state index in [4.69, 9.17) is 10.00 Å². The summed E-state index contributed by atoms with van der Waals surface area (Å²) in [5.74, 6) is 0.628. The molecule has 1 N–H and O–H groups in total. The van der Waals surface area contributed by atoms with Crippen LogP contribution in [0.15, 0.2) is 0 Å². The summed E-state index contributed by atoms with van der Waals surface area (Å²) in [4.78, 5) is 0. The summed E-state index contributed by atoms with van der Waals surface area (Å²) in [6, 6.07) is 1.78. The van der Waals surface area contributed by atoms with Crippen LogP contribution in [0.3, 0.4) is 0 Å². The van der Waals surface area contributed by atoms with Crippen molar-refractivity contribution in [1.29, 1.82) is 5.26 Å². The third-order valence-corrected chi connectivity index (χ3v) is 2.11. The van der Waals surface area contributed by atoms with Crippen molar-refractivity contribution in [2.75, 3.05) is 14.2 Å². The fourth-order valence-electron chi connectivity index (χ4n) is 1.50. The second-order valence-electron chi connectivity index (χ2n) is 2.98. The zero-order valence-corrected chi connectivity index (χ0v) is 8.83. The molecule has 1 rings (SSSR count). The zero-order chi connectivity index (χ0) is 10.7. The lowest BCUT2D eigenvalue weighted by Gasteiger charge is -2.09. The monoisotopic (exact) mass is 194 g/mol. The molecule has 0 amide bonds. The average Bonchev–Trinajstić information content (AvgIpc) is 2.44. The number of nitrogens with zero attached hydrogens (tertiary/aromatic N) is 3. The predicted octanol–water partition coefficient (Wildman–Crippen LogP) is 0.521. The maximum atomic E-state index is 8.93. The molecule has 0 aliphatic heterocycles. The van der Waals surface area contributed by atoms with Crippen LogP contribution in [-0.2, 0) is 7.05 Å². The molecule has 0 aromatic carbocycles. The molecule has 0 fully saturated rings. The molecule has 1 unspecified atom stereocenters. The Kier molecular flexibility index (Phi) is 3.10. The lowest BCUT2D eigenvalue weighted by molar-refractivity contribution is 0.367. The minimum atomic E-state index is -0.376. The Morgan fingerprint density at radius 3 is 2.71 bits per heavy atom. The Morgan fingerprint density at radius 2 is 2.29 bits per heavy atom. The van der Waals surface area contributed by atoms with E-state index in [0.717, 1.165) is 11.3 Å². The van der Waals surface area contributed by atoms with E-state index in [1.165, 1.54) is 0 Å². The van der Waals surface area contributed by atoms with Gasteiger partial charge in [-0.1, -0.05) is 0 Å². The van der Waals surface area contributed by atoms with Gasteiger partial charge in [0, 0.05) is 7.05 Å². The van der Waals surface area contributed by atoms with Gasteiger partial charge in [-0.2, -0.15) is 10.4 Å². The van der Waals surface area contributed by atoms with Crippen molar-refractivity contribution in [2.45, 2.75) is 13.0 Å².